The van der Waals surface area contributed by atoms with Crippen molar-refractivity contribution in [3.05, 3.63) is 0 Å². The highest BCUT2D eigenvalue weighted by Gasteiger charge is 2.56. The van der Waals surface area contributed by atoms with Gasteiger partial charge in [-0.2, -0.15) is 0 Å². The number of hydrogen-bond acceptors (Lipinski definition) is 5. The van der Waals surface area contributed by atoms with Gasteiger partial charge in [-0.1, -0.05) is 13.8 Å². The summed E-state index contributed by atoms with van der Waals surface area (Å²) in [4.78, 5) is 12.3. The third kappa shape index (κ3) is 3.02. The van der Waals surface area contributed by atoms with E-state index >= 15 is 0 Å². The molecule has 2 aliphatic heterocycles. The van der Waals surface area contributed by atoms with Crippen molar-refractivity contribution >= 4 is 5.97 Å². The predicted octanol–water partition coefficient (Wildman–Crippen LogP) is 0.287. The Bertz CT molecular complexity index is 431. The maximum Gasteiger partial charge on any atom is 0.341 e. The Kier molecular flexibility index (Phi) is 5.41. The zero-order valence-corrected chi connectivity index (χ0v) is 14.7. The number of hydrogen-bond donors (Lipinski definition) is 3. The van der Waals surface area contributed by atoms with Gasteiger partial charge in [0.15, 0.2) is 5.60 Å². The Balaban J connectivity index is 2.02. The number of rotatable bonds is 6. The minimum Gasteiger partial charge on any atom is -0.463 e. The minimum atomic E-state index is -1.89. The van der Waals surface area contributed by atoms with Gasteiger partial charge < -0.3 is 24.5 Å². The largest absolute Gasteiger partial charge is 0.463 e. The normalized spacial score (nSPS) is 37.5. The summed E-state index contributed by atoms with van der Waals surface area (Å²) in [5, 5.41) is 30.6. The summed E-state index contributed by atoms with van der Waals surface area (Å²) in [6, 6.07) is 0.117. The highest BCUT2D eigenvalue weighted by molar-refractivity contribution is 5.80. The second-order valence-electron chi connectivity index (χ2n) is 7.63. The molecule has 0 radical (unpaired) electrons. The van der Waals surface area contributed by atoms with Gasteiger partial charge in [-0.15, -0.1) is 0 Å². The Morgan fingerprint density at radius 3 is 2.43 bits per heavy atom. The smallest absolute Gasteiger partial charge is 0.341 e. The summed E-state index contributed by atoms with van der Waals surface area (Å²) in [6.45, 7) is 10.1. The van der Waals surface area contributed by atoms with Gasteiger partial charge in [0.05, 0.1) is 31.7 Å². The number of carbonyl (C=O) groups is 1. The van der Waals surface area contributed by atoms with Crippen molar-refractivity contribution in [2.24, 2.45) is 11.8 Å². The van der Waals surface area contributed by atoms with E-state index < -0.39 is 23.6 Å². The molecule has 6 nitrogen and oxygen atoms in total. The fraction of sp³-hybridized carbons (Fsp3) is 0.941. The molecular weight excluding hydrogens is 298 g/mol. The van der Waals surface area contributed by atoms with Crippen LogP contribution in [0.3, 0.4) is 0 Å². The number of carbonyl (C=O) groups excluding carboxylic acids is 1. The Labute approximate surface area is 138 Å². The maximum atomic E-state index is 12.3. The standard InChI is InChI=1S/C17H32NO5/c1-5-18-8-6-13(15(18)14(20)7-9-18)10-23-16(21)17(22,11(2)3)12(4)19/h11-15,19-20,22H,5-10H2,1-4H3/q+1/t12-,13+,14+,15-,17+,18+/m0/s1. The molecule has 0 aromatic heterocycles. The molecular formula is C17H32NO5+. The summed E-state index contributed by atoms with van der Waals surface area (Å²) in [5.74, 6) is -1.10. The van der Waals surface area contributed by atoms with E-state index in [0.29, 0.717) is 0 Å². The summed E-state index contributed by atoms with van der Waals surface area (Å²) < 4.78 is 6.30. The Morgan fingerprint density at radius 2 is 1.91 bits per heavy atom. The first kappa shape index (κ1) is 18.6. The van der Waals surface area contributed by atoms with E-state index in [1.165, 1.54) is 6.92 Å². The summed E-state index contributed by atoms with van der Waals surface area (Å²) in [6.07, 6.45) is 0.174. The molecule has 2 rings (SSSR count). The summed E-state index contributed by atoms with van der Waals surface area (Å²) in [7, 11) is 0. The van der Waals surface area contributed by atoms with E-state index in [4.69, 9.17) is 4.74 Å². The monoisotopic (exact) mass is 330 g/mol. The SMILES string of the molecule is CC[N@+]12CC[C@H](COC(=O)[C@@](O)(C(C)C)[C@H](C)O)[C@H]1[C@H](O)CC2. The van der Waals surface area contributed by atoms with Crippen LogP contribution in [-0.2, 0) is 9.53 Å². The number of aliphatic hydroxyl groups is 3. The molecule has 0 aromatic rings. The number of fused-ring (bicyclic) bond motifs is 1. The van der Waals surface area contributed by atoms with E-state index in [1.54, 1.807) is 13.8 Å². The van der Waals surface area contributed by atoms with Crippen molar-refractivity contribution in [1.29, 1.82) is 0 Å². The van der Waals surface area contributed by atoms with Crippen LogP contribution in [0.5, 0.6) is 0 Å². The lowest BCUT2D eigenvalue weighted by atomic mass is 9.85. The zero-order chi connectivity index (χ0) is 17.4. The Morgan fingerprint density at radius 1 is 1.30 bits per heavy atom. The summed E-state index contributed by atoms with van der Waals surface area (Å²) >= 11 is 0. The highest BCUT2D eigenvalue weighted by atomic mass is 16.6. The van der Waals surface area contributed by atoms with Gasteiger partial charge in [0.1, 0.15) is 18.8 Å². The number of nitrogens with zero attached hydrogens (tertiary/aromatic N) is 1. The van der Waals surface area contributed by atoms with E-state index in [2.05, 4.69) is 6.92 Å². The van der Waals surface area contributed by atoms with Crippen molar-refractivity contribution in [1.82, 2.24) is 0 Å². The second kappa shape index (κ2) is 6.67. The van der Waals surface area contributed by atoms with Gasteiger partial charge in [0, 0.05) is 12.8 Å². The van der Waals surface area contributed by atoms with Crippen LogP contribution >= 0.6 is 0 Å². The third-order valence-corrected chi connectivity index (χ3v) is 6.23. The highest BCUT2D eigenvalue weighted by Crippen LogP contribution is 2.40. The first-order valence-electron chi connectivity index (χ1n) is 8.80. The van der Waals surface area contributed by atoms with Crippen LogP contribution in [0.1, 0.15) is 40.5 Å². The lowest BCUT2D eigenvalue weighted by molar-refractivity contribution is -0.928. The number of ether oxygens (including phenoxy) is 1. The van der Waals surface area contributed by atoms with Crippen molar-refractivity contribution in [3.8, 4) is 0 Å². The molecule has 2 aliphatic rings. The lowest BCUT2D eigenvalue weighted by Crippen LogP contribution is -2.54. The molecule has 0 unspecified atom stereocenters. The van der Waals surface area contributed by atoms with Gasteiger partial charge in [-0.05, 0) is 19.8 Å². The minimum absolute atomic E-state index is 0.113. The molecule has 6 atom stereocenters. The fourth-order valence-corrected chi connectivity index (χ4v) is 4.59. The molecule has 23 heavy (non-hydrogen) atoms. The molecule has 6 heteroatoms. The number of aliphatic hydroxyl groups excluding tert-OH is 2. The van der Waals surface area contributed by atoms with Crippen LogP contribution in [-0.4, -0.2) is 75.9 Å². The van der Waals surface area contributed by atoms with Crippen molar-refractivity contribution < 1.29 is 29.3 Å². The molecule has 2 saturated heterocycles. The molecule has 0 amide bonds. The summed E-state index contributed by atoms with van der Waals surface area (Å²) in [5.41, 5.74) is -1.89. The average molecular weight is 330 g/mol. The number of esters is 1. The topological polar surface area (TPSA) is 87.0 Å². The van der Waals surface area contributed by atoms with Crippen LogP contribution in [0, 0.1) is 11.8 Å². The van der Waals surface area contributed by atoms with Crippen molar-refractivity contribution in [2.45, 2.75) is 64.4 Å². The molecule has 0 aromatic carbocycles. The molecule has 134 valence electrons. The molecule has 0 spiro atoms. The molecule has 0 aliphatic carbocycles. The van der Waals surface area contributed by atoms with Crippen molar-refractivity contribution in [2.75, 3.05) is 26.2 Å². The van der Waals surface area contributed by atoms with Gasteiger partial charge >= 0.3 is 5.97 Å². The molecule has 0 saturated carbocycles. The third-order valence-electron chi connectivity index (χ3n) is 6.23. The predicted molar refractivity (Wildman–Crippen MR) is 85.5 cm³/mol. The molecule has 3 N–H and O–H groups in total. The average Bonchev–Trinajstić information content (AvgIpc) is 3.02. The molecule has 2 heterocycles. The first-order valence-corrected chi connectivity index (χ1v) is 8.80. The van der Waals surface area contributed by atoms with Gasteiger partial charge in [0.25, 0.3) is 0 Å². The second-order valence-corrected chi connectivity index (χ2v) is 7.63. The maximum absolute atomic E-state index is 12.3. The Hall–Kier alpha value is -0.690. The van der Waals surface area contributed by atoms with Crippen molar-refractivity contribution in [3.63, 3.8) is 0 Å². The fourth-order valence-electron chi connectivity index (χ4n) is 4.59. The lowest BCUT2D eigenvalue weighted by Gasteiger charge is -2.36. The quantitative estimate of drug-likeness (QED) is 0.481. The van der Waals surface area contributed by atoms with Gasteiger partial charge in [0.2, 0.25) is 0 Å². The van der Waals surface area contributed by atoms with E-state index in [9.17, 15) is 20.1 Å². The zero-order valence-electron chi connectivity index (χ0n) is 14.7. The van der Waals surface area contributed by atoms with E-state index in [-0.39, 0.29) is 24.7 Å². The van der Waals surface area contributed by atoms with E-state index in [1.807, 2.05) is 0 Å². The van der Waals surface area contributed by atoms with E-state index in [0.717, 1.165) is 37.0 Å². The van der Waals surface area contributed by atoms with Crippen LogP contribution < -0.4 is 0 Å². The van der Waals surface area contributed by atoms with Gasteiger partial charge in [-0.25, -0.2) is 4.79 Å². The van der Waals surface area contributed by atoms with Crippen LogP contribution in [0.25, 0.3) is 0 Å². The van der Waals surface area contributed by atoms with Crippen LogP contribution in [0.2, 0.25) is 0 Å². The molecule has 2 fully saturated rings. The number of quaternary nitrogens is 1. The molecule has 0 bridgehead atoms. The van der Waals surface area contributed by atoms with Crippen LogP contribution in [0.4, 0.5) is 0 Å². The first-order chi connectivity index (χ1) is 10.7. The number of likely N-dealkylation sites (N-methyl/N-ethyl adjacent to an activating group) is 1. The van der Waals surface area contributed by atoms with Crippen LogP contribution in [0.15, 0.2) is 0 Å². The van der Waals surface area contributed by atoms with Gasteiger partial charge in [-0.3, -0.25) is 0 Å².